The number of benzene rings is 4. The lowest BCUT2D eigenvalue weighted by atomic mass is 10.1. The molecule has 6 aromatic rings. The SMILES string of the molecule is CC(=CC1=C([O-])c2ccccc2S1(=O)=O)C=C1C(=O)c2ccccc2S1(=O)=O.CC(c1ccccc1)[n+]1ccc(-c2cc[n+](C(C)c3ccccc3)cc2)cc1. The highest BCUT2D eigenvalue weighted by Gasteiger charge is 2.39. The van der Waals surface area contributed by atoms with Crippen molar-refractivity contribution in [3.05, 3.63) is 208 Å². The van der Waals surface area contributed by atoms with E-state index in [4.69, 9.17) is 0 Å². The van der Waals surface area contributed by atoms with Gasteiger partial charge in [-0.2, -0.15) is 9.13 Å². The number of allylic oxidation sites excluding steroid dienone is 4. The van der Waals surface area contributed by atoms with Crippen LogP contribution >= 0.6 is 0 Å². The van der Waals surface area contributed by atoms with Crippen molar-refractivity contribution >= 4 is 31.2 Å². The summed E-state index contributed by atoms with van der Waals surface area (Å²) < 4.78 is 55.0. The average Bonchev–Trinajstić information content (AvgIpc) is 3.55. The number of sulfone groups is 2. The predicted molar refractivity (Wildman–Crippen MR) is 213 cm³/mol. The molecule has 0 fully saturated rings. The van der Waals surface area contributed by atoms with E-state index in [1.165, 1.54) is 65.6 Å². The molecule has 4 heterocycles. The number of rotatable bonds is 7. The maximum absolute atomic E-state index is 12.6. The van der Waals surface area contributed by atoms with Crippen molar-refractivity contribution in [2.75, 3.05) is 0 Å². The van der Waals surface area contributed by atoms with Crippen LogP contribution in [0.25, 0.3) is 16.9 Å². The molecule has 2 atom stereocenters. The third-order valence-electron chi connectivity index (χ3n) is 10.1. The van der Waals surface area contributed by atoms with Crippen LogP contribution in [0.15, 0.2) is 196 Å². The number of aromatic nitrogens is 2. The number of hydrogen-bond donors (Lipinski definition) is 0. The largest absolute Gasteiger partial charge is 0.871 e. The van der Waals surface area contributed by atoms with Gasteiger partial charge >= 0.3 is 0 Å². The second kappa shape index (κ2) is 15.5. The summed E-state index contributed by atoms with van der Waals surface area (Å²) in [6, 6.07) is 42.3. The Labute approximate surface area is 327 Å². The summed E-state index contributed by atoms with van der Waals surface area (Å²) in [4.78, 5) is 11.4. The molecule has 4 aromatic carbocycles. The Bertz CT molecular complexity index is 2670. The van der Waals surface area contributed by atoms with Gasteiger partial charge < -0.3 is 5.11 Å². The Balaban J connectivity index is 0.000000172. The third-order valence-corrected chi connectivity index (χ3v) is 13.7. The Morgan fingerprint density at radius 1 is 0.571 bits per heavy atom. The highest BCUT2D eigenvalue weighted by atomic mass is 32.2. The molecule has 2 unspecified atom stereocenters. The van der Waals surface area contributed by atoms with Gasteiger partial charge in [-0.25, -0.2) is 16.8 Å². The molecule has 0 radical (unpaired) electrons. The van der Waals surface area contributed by atoms with E-state index in [2.05, 4.69) is 133 Å². The normalized spacial score (nSPS) is 17.1. The monoisotopic (exact) mass is 779 g/mol. The van der Waals surface area contributed by atoms with E-state index in [-0.39, 0.29) is 26.5 Å². The molecule has 0 aliphatic carbocycles. The van der Waals surface area contributed by atoms with E-state index in [0.29, 0.717) is 12.1 Å². The van der Waals surface area contributed by atoms with Gasteiger partial charge in [0.2, 0.25) is 25.5 Å². The van der Waals surface area contributed by atoms with E-state index in [1.807, 2.05) is 0 Å². The number of pyridine rings is 2. The minimum Gasteiger partial charge on any atom is -0.871 e. The van der Waals surface area contributed by atoms with E-state index < -0.39 is 41.0 Å². The molecule has 0 bridgehead atoms. The Morgan fingerprint density at radius 2 is 0.982 bits per heavy atom. The first-order chi connectivity index (χ1) is 26.9. The fourth-order valence-electron chi connectivity index (χ4n) is 6.85. The van der Waals surface area contributed by atoms with Crippen LogP contribution in [0.1, 0.15) is 59.9 Å². The number of nitrogens with zero attached hydrogens (tertiary/aromatic N) is 2. The van der Waals surface area contributed by atoms with E-state index in [1.54, 1.807) is 12.1 Å². The van der Waals surface area contributed by atoms with Crippen LogP contribution in [-0.2, 0) is 19.7 Å². The molecule has 2 aliphatic rings. The maximum atomic E-state index is 12.6. The zero-order valence-corrected chi connectivity index (χ0v) is 32.6. The van der Waals surface area contributed by atoms with Crippen LogP contribution < -0.4 is 14.2 Å². The number of fused-ring (bicyclic) bond motifs is 2. The molecule has 2 aromatic heterocycles. The first-order valence-corrected chi connectivity index (χ1v) is 21.0. The van der Waals surface area contributed by atoms with Crippen molar-refractivity contribution in [3.63, 3.8) is 0 Å². The zero-order chi connectivity index (χ0) is 39.6. The van der Waals surface area contributed by atoms with Crippen LogP contribution in [0.4, 0.5) is 0 Å². The summed E-state index contributed by atoms with van der Waals surface area (Å²) in [7, 11) is -7.99. The van der Waals surface area contributed by atoms with Crippen molar-refractivity contribution in [2.24, 2.45) is 0 Å². The lowest BCUT2D eigenvalue weighted by molar-refractivity contribution is -0.710. The molecule has 280 valence electrons. The minimum atomic E-state index is -3.99. The highest BCUT2D eigenvalue weighted by molar-refractivity contribution is 7.97. The number of carbonyl (C=O) groups is 1. The molecule has 8 rings (SSSR count). The average molecular weight is 780 g/mol. The number of hydrogen-bond acceptors (Lipinski definition) is 6. The third kappa shape index (κ3) is 7.28. The van der Waals surface area contributed by atoms with E-state index in [9.17, 15) is 26.7 Å². The first-order valence-electron chi connectivity index (χ1n) is 18.0. The zero-order valence-electron chi connectivity index (χ0n) is 31.0. The summed E-state index contributed by atoms with van der Waals surface area (Å²) in [6.07, 6.45) is 10.9. The Morgan fingerprint density at radius 3 is 1.43 bits per heavy atom. The minimum absolute atomic E-state index is 0.0752. The maximum Gasteiger partial charge on any atom is 0.211 e. The summed E-state index contributed by atoms with van der Waals surface area (Å²) >= 11 is 0. The Hall–Kier alpha value is -6.23. The lowest BCUT2D eigenvalue weighted by Crippen LogP contribution is -2.37. The molecule has 2 aliphatic heterocycles. The van der Waals surface area contributed by atoms with Gasteiger partial charge in [-0.1, -0.05) is 96.8 Å². The quantitative estimate of drug-likeness (QED) is 0.126. The van der Waals surface area contributed by atoms with Crippen molar-refractivity contribution in [1.29, 1.82) is 0 Å². The summed E-state index contributed by atoms with van der Waals surface area (Å²) in [5, 5.41) is 12.5. The molecular formula is C46H39N2O6S2+. The fourth-order valence-corrected chi connectivity index (χ4v) is 10.1. The second-order valence-corrected chi connectivity index (χ2v) is 17.4. The molecule has 56 heavy (non-hydrogen) atoms. The summed E-state index contributed by atoms with van der Waals surface area (Å²) in [5.41, 5.74) is 5.41. The summed E-state index contributed by atoms with van der Waals surface area (Å²) in [5.74, 6) is -1.31. The fraction of sp³-hybridized carbons (Fsp3) is 0.109. The van der Waals surface area contributed by atoms with Crippen LogP contribution in [0.2, 0.25) is 0 Å². The van der Waals surface area contributed by atoms with Crippen molar-refractivity contribution in [3.8, 4) is 11.1 Å². The molecular weight excluding hydrogens is 741 g/mol. The standard InChI is InChI=1S/C26H26N2.C20H14O6S2/c1-21(23-9-5-3-6-10-23)27-17-13-25(14-18-27)26-15-19-28(20-16-26)22(2)24-11-7-4-8-12-24;1-12(10-17-19(21)13-6-2-4-8-15(13)27(17,23)24)11-18-20(22)14-7-3-5-9-16(14)28(18,25)26/h3-22H,1-2H3;2-11,21H,1H3/q+2;/p-1. The molecule has 0 saturated carbocycles. The van der Waals surface area contributed by atoms with Gasteiger partial charge in [0.15, 0.2) is 36.9 Å². The van der Waals surface area contributed by atoms with Gasteiger partial charge in [-0.05, 0) is 59.5 Å². The molecule has 8 nitrogen and oxygen atoms in total. The Kier molecular flexibility index (Phi) is 10.5. The molecule has 0 spiro atoms. The topological polar surface area (TPSA) is 116 Å². The summed E-state index contributed by atoms with van der Waals surface area (Å²) in [6.45, 7) is 5.90. The molecule has 0 saturated heterocycles. The molecule has 0 N–H and O–H groups in total. The lowest BCUT2D eigenvalue weighted by Gasteiger charge is -2.09. The van der Waals surface area contributed by atoms with Crippen molar-refractivity contribution in [2.45, 2.75) is 42.6 Å². The van der Waals surface area contributed by atoms with Gasteiger partial charge in [0.25, 0.3) is 0 Å². The van der Waals surface area contributed by atoms with Gasteiger partial charge in [-0.15, -0.1) is 0 Å². The second-order valence-electron chi connectivity index (χ2n) is 13.7. The van der Waals surface area contributed by atoms with Crippen LogP contribution in [0, 0.1) is 0 Å². The first kappa shape index (κ1) is 38.1. The smallest absolute Gasteiger partial charge is 0.211 e. The van der Waals surface area contributed by atoms with Crippen LogP contribution in [0.5, 0.6) is 0 Å². The number of Topliss-reactive ketones (excluding diaryl/α,β-unsaturated/α-hetero) is 1. The van der Waals surface area contributed by atoms with Gasteiger partial charge in [0.1, 0.15) is 4.91 Å². The van der Waals surface area contributed by atoms with Gasteiger partial charge in [-0.3, -0.25) is 4.79 Å². The number of carbonyl (C=O) groups excluding carboxylic acids is 1. The van der Waals surface area contributed by atoms with Crippen molar-refractivity contribution in [1.82, 2.24) is 0 Å². The molecule has 0 amide bonds. The van der Waals surface area contributed by atoms with Gasteiger partial charge in [0.05, 0.1) is 14.7 Å². The highest BCUT2D eigenvalue weighted by Crippen LogP contribution is 2.38. The van der Waals surface area contributed by atoms with Crippen LogP contribution in [-0.4, -0.2) is 22.6 Å². The number of ketones is 1. The van der Waals surface area contributed by atoms with Crippen LogP contribution in [0.3, 0.4) is 0 Å². The van der Waals surface area contributed by atoms with E-state index >= 15 is 0 Å². The van der Waals surface area contributed by atoms with Gasteiger partial charge in [0, 0.05) is 54.8 Å². The van der Waals surface area contributed by atoms with E-state index in [0.717, 1.165) is 12.2 Å². The molecule has 10 heteroatoms. The predicted octanol–water partition coefficient (Wildman–Crippen LogP) is 7.15. The van der Waals surface area contributed by atoms with Crippen molar-refractivity contribution < 1.29 is 35.9 Å².